The molecule has 0 atom stereocenters. The second kappa shape index (κ2) is 6.48. The Morgan fingerprint density at radius 3 is 2.67 bits per heavy atom. The minimum absolute atomic E-state index is 0.178. The monoisotopic (exact) mass is 422 g/mol. The molecule has 7 nitrogen and oxygen atoms in total. The van der Waals surface area contributed by atoms with Crippen LogP contribution >= 0.6 is 30.8 Å². The molecule has 0 aliphatic rings. The largest absolute Gasteiger partial charge is 0.376 e. The van der Waals surface area contributed by atoms with E-state index in [0.29, 0.717) is 26.8 Å². The zero-order valence-corrected chi connectivity index (χ0v) is 16.3. The molecule has 0 unspecified atom stereocenters. The maximum absolute atomic E-state index is 12.0. The van der Waals surface area contributed by atoms with E-state index in [9.17, 15) is 14.4 Å². The number of benzene rings is 2. The zero-order valence-electron chi connectivity index (χ0n) is 13.9. The van der Waals surface area contributed by atoms with Crippen LogP contribution in [0.15, 0.2) is 42.7 Å². The Bertz CT molecular complexity index is 1230. The molecule has 2 aromatic heterocycles. The Morgan fingerprint density at radius 2 is 1.96 bits per heavy atom. The number of rotatable bonds is 3. The Hall–Kier alpha value is -2.15. The van der Waals surface area contributed by atoms with Gasteiger partial charge >= 0.3 is 7.60 Å². The molecule has 0 bridgehead atoms. The lowest BCUT2D eigenvalue weighted by atomic mass is 10.2. The molecule has 0 amide bonds. The number of fused-ring (bicyclic) bond motifs is 3. The van der Waals surface area contributed by atoms with Gasteiger partial charge in [0.05, 0.1) is 21.7 Å². The van der Waals surface area contributed by atoms with Crippen molar-refractivity contribution in [2.45, 2.75) is 6.92 Å². The molecule has 4 aromatic rings. The van der Waals surface area contributed by atoms with E-state index in [1.165, 1.54) is 6.33 Å². The summed E-state index contributed by atoms with van der Waals surface area (Å²) in [6.45, 7) is 1.86. The first-order valence-corrected chi connectivity index (χ1v) is 10.2. The third kappa shape index (κ3) is 3.18. The topological polar surface area (TPSA) is 99.8 Å². The van der Waals surface area contributed by atoms with Gasteiger partial charge in [-0.3, -0.25) is 8.97 Å². The van der Waals surface area contributed by atoms with E-state index >= 15 is 0 Å². The lowest BCUT2D eigenvalue weighted by Crippen LogP contribution is -2.10. The molecule has 4 rings (SSSR count). The lowest BCUT2D eigenvalue weighted by molar-refractivity contribution is 0.386. The highest BCUT2D eigenvalue weighted by Gasteiger charge is 2.27. The summed E-state index contributed by atoms with van der Waals surface area (Å²) >= 11 is 12.4. The number of hydrogen-bond acceptors (Lipinski definition) is 4. The van der Waals surface area contributed by atoms with Crippen LogP contribution in [0, 0.1) is 6.92 Å². The van der Waals surface area contributed by atoms with E-state index in [2.05, 4.69) is 15.3 Å². The first-order valence-electron chi connectivity index (χ1n) is 7.80. The molecule has 0 aliphatic heterocycles. The van der Waals surface area contributed by atoms with Crippen molar-refractivity contribution in [3.8, 4) is 0 Å². The van der Waals surface area contributed by atoms with Crippen LogP contribution in [0.4, 0.5) is 11.5 Å². The standard InChI is InChI=1S/C17H13Cl2N4O3P/c1-9-3-2-4-11(19)14(9)22-16-15-17(27(24,25)26)20-8-23(15)13-6-5-10(18)7-12(13)21-16/h2-8H,1H3,(H,21,22)(H2,24,25,26). The summed E-state index contributed by atoms with van der Waals surface area (Å²) in [4.78, 5) is 27.9. The predicted molar refractivity (Wildman–Crippen MR) is 107 cm³/mol. The van der Waals surface area contributed by atoms with Crippen LogP contribution in [0.25, 0.3) is 16.6 Å². The molecule has 138 valence electrons. The van der Waals surface area contributed by atoms with Crippen molar-refractivity contribution in [3.05, 3.63) is 58.3 Å². The van der Waals surface area contributed by atoms with Crippen molar-refractivity contribution >= 4 is 64.3 Å². The first kappa shape index (κ1) is 18.2. The van der Waals surface area contributed by atoms with Crippen LogP contribution < -0.4 is 10.8 Å². The highest BCUT2D eigenvalue weighted by atomic mass is 35.5. The van der Waals surface area contributed by atoms with Crippen molar-refractivity contribution in [1.82, 2.24) is 14.4 Å². The fourth-order valence-electron chi connectivity index (χ4n) is 2.91. The molecule has 3 N–H and O–H groups in total. The summed E-state index contributed by atoms with van der Waals surface area (Å²) in [7, 11) is -4.63. The Kier molecular flexibility index (Phi) is 4.37. The fraction of sp³-hybridized carbons (Fsp3) is 0.0588. The van der Waals surface area contributed by atoms with Crippen LogP contribution in [0.2, 0.25) is 10.0 Å². The summed E-state index contributed by atoms with van der Waals surface area (Å²) in [5.41, 5.74) is 2.41. The van der Waals surface area contributed by atoms with Crippen LogP contribution in [0.1, 0.15) is 5.56 Å². The van der Waals surface area contributed by atoms with Gasteiger partial charge in [0.2, 0.25) is 0 Å². The number of nitrogens with one attached hydrogen (secondary N) is 1. The number of imidazole rings is 1. The number of nitrogens with zero attached hydrogens (tertiary/aromatic N) is 3. The minimum atomic E-state index is -4.63. The van der Waals surface area contributed by atoms with Crippen molar-refractivity contribution in [2.75, 3.05) is 5.32 Å². The maximum Gasteiger partial charge on any atom is 0.376 e. The maximum atomic E-state index is 12.0. The second-order valence-corrected chi connectivity index (χ2v) is 8.34. The van der Waals surface area contributed by atoms with E-state index in [1.807, 2.05) is 19.1 Å². The number of aromatic nitrogens is 3. The average Bonchev–Trinajstić information content (AvgIpc) is 3.03. The number of halogens is 2. The molecule has 0 radical (unpaired) electrons. The zero-order chi connectivity index (χ0) is 19.3. The lowest BCUT2D eigenvalue weighted by Gasteiger charge is -2.14. The molecular formula is C17H13Cl2N4O3P. The van der Waals surface area contributed by atoms with Gasteiger partial charge in [-0.2, -0.15) is 0 Å². The summed E-state index contributed by atoms with van der Waals surface area (Å²) < 4.78 is 13.5. The third-order valence-corrected chi connectivity index (χ3v) is 5.57. The Labute approximate surface area is 163 Å². The van der Waals surface area contributed by atoms with E-state index in [-0.39, 0.29) is 16.8 Å². The summed E-state index contributed by atoms with van der Waals surface area (Å²) in [6.07, 6.45) is 1.35. The van der Waals surface area contributed by atoms with Crippen molar-refractivity contribution in [3.63, 3.8) is 0 Å². The molecule has 2 aromatic carbocycles. The molecule has 27 heavy (non-hydrogen) atoms. The van der Waals surface area contributed by atoms with Gasteiger partial charge in [0, 0.05) is 5.02 Å². The summed E-state index contributed by atoms with van der Waals surface area (Å²) in [6, 6.07) is 10.4. The van der Waals surface area contributed by atoms with Gasteiger partial charge in [-0.15, -0.1) is 0 Å². The normalized spacial score (nSPS) is 12.0. The average molecular weight is 423 g/mol. The SMILES string of the molecule is Cc1cccc(Cl)c1Nc1nc2cc(Cl)ccc2n2cnc(P(=O)(O)O)c12. The molecule has 0 saturated heterocycles. The van der Waals surface area contributed by atoms with Gasteiger partial charge in [-0.25, -0.2) is 9.97 Å². The van der Waals surface area contributed by atoms with Crippen LogP contribution in [-0.2, 0) is 4.57 Å². The summed E-state index contributed by atoms with van der Waals surface area (Å²) in [5, 5.41) is 4.05. The van der Waals surface area contributed by atoms with E-state index in [0.717, 1.165) is 5.56 Å². The van der Waals surface area contributed by atoms with Gasteiger partial charge in [-0.1, -0.05) is 35.3 Å². The quantitative estimate of drug-likeness (QED) is 0.430. The smallest absolute Gasteiger partial charge is 0.337 e. The molecule has 2 heterocycles. The third-order valence-electron chi connectivity index (χ3n) is 4.14. The Morgan fingerprint density at radius 1 is 1.19 bits per heavy atom. The molecular weight excluding hydrogens is 410 g/mol. The minimum Gasteiger partial charge on any atom is -0.337 e. The highest BCUT2D eigenvalue weighted by molar-refractivity contribution is 7.60. The highest BCUT2D eigenvalue weighted by Crippen LogP contribution is 2.38. The van der Waals surface area contributed by atoms with E-state index < -0.39 is 7.60 Å². The van der Waals surface area contributed by atoms with Crippen LogP contribution in [0.5, 0.6) is 0 Å². The molecule has 0 aliphatic carbocycles. The number of hydrogen-bond donors (Lipinski definition) is 3. The first-order chi connectivity index (χ1) is 12.8. The molecule has 0 fully saturated rings. The second-order valence-electron chi connectivity index (χ2n) is 5.98. The molecule has 0 saturated carbocycles. The van der Waals surface area contributed by atoms with Crippen LogP contribution in [0.3, 0.4) is 0 Å². The van der Waals surface area contributed by atoms with Gasteiger partial charge in [-0.05, 0) is 36.8 Å². The van der Waals surface area contributed by atoms with Gasteiger partial charge in [0.15, 0.2) is 11.3 Å². The molecule has 0 spiro atoms. The van der Waals surface area contributed by atoms with Gasteiger partial charge in [0.1, 0.15) is 11.8 Å². The predicted octanol–water partition coefficient (Wildman–Crippen LogP) is 4.04. The summed E-state index contributed by atoms with van der Waals surface area (Å²) in [5.74, 6) is 0.219. The van der Waals surface area contributed by atoms with E-state index in [4.69, 9.17) is 23.2 Å². The van der Waals surface area contributed by atoms with Gasteiger partial charge in [0.25, 0.3) is 0 Å². The van der Waals surface area contributed by atoms with Crippen molar-refractivity contribution in [2.24, 2.45) is 0 Å². The molecule has 10 heteroatoms. The number of anilines is 2. The van der Waals surface area contributed by atoms with Crippen LogP contribution in [-0.4, -0.2) is 24.2 Å². The number of para-hydroxylation sites is 1. The fourth-order valence-corrected chi connectivity index (χ4v) is 4.04. The van der Waals surface area contributed by atoms with Gasteiger partial charge < -0.3 is 15.1 Å². The number of aryl methyl sites for hydroxylation is 1. The van der Waals surface area contributed by atoms with Crippen molar-refractivity contribution in [1.29, 1.82) is 0 Å². The Balaban J connectivity index is 2.07. The van der Waals surface area contributed by atoms with Crippen molar-refractivity contribution < 1.29 is 14.4 Å². The van der Waals surface area contributed by atoms with E-state index in [1.54, 1.807) is 28.7 Å².